The SMILES string of the molecule is CCCNc1ccc(CNC(=O)NC2CCCC3OCCC23)cc1. The number of amides is 2. The Kier molecular flexibility index (Phi) is 5.96. The first-order chi connectivity index (χ1) is 11.8. The van der Waals surface area contributed by atoms with Crippen molar-refractivity contribution in [2.75, 3.05) is 18.5 Å². The van der Waals surface area contributed by atoms with Crippen LogP contribution in [0.2, 0.25) is 0 Å². The van der Waals surface area contributed by atoms with Crippen molar-refractivity contribution in [3.8, 4) is 0 Å². The average Bonchev–Trinajstić information content (AvgIpc) is 3.09. The van der Waals surface area contributed by atoms with E-state index in [1.54, 1.807) is 0 Å². The van der Waals surface area contributed by atoms with Crippen LogP contribution in [0, 0.1) is 5.92 Å². The number of hydrogen-bond donors (Lipinski definition) is 3. The maximum absolute atomic E-state index is 12.2. The largest absolute Gasteiger partial charge is 0.385 e. The van der Waals surface area contributed by atoms with E-state index < -0.39 is 0 Å². The molecule has 1 saturated heterocycles. The van der Waals surface area contributed by atoms with E-state index in [-0.39, 0.29) is 12.1 Å². The van der Waals surface area contributed by atoms with E-state index in [0.29, 0.717) is 18.6 Å². The number of carbonyl (C=O) groups is 1. The van der Waals surface area contributed by atoms with Crippen molar-refractivity contribution in [3.63, 3.8) is 0 Å². The van der Waals surface area contributed by atoms with E-state index in [1.807, 2.05) is 0 Å². The molecule has 1 aliphatic heterocycles. The minimum absolute atomic E-state index is 0.0688. The second-order valence-electron chi connectivity index (χ2n) is 6.85. The Hall–Kier alpha value is -1.75. The van der Waals surface area contributed by atoms with Crippen molar-refractivity contribution in [1.82, 2.24) is 10.6 Å². The summed E-state index contributed by atoms with van der Waals surface area (Å²) in [5.74, 6) is 0.494. The van der Waals surface area contributed by atoms with Gasteiger partial charge in [-0.05, 0) is 49.8 Å². The molecule has 132 valence electrons. The topological polar surface area (TPSA) is 62.4 Å². The number of nitrogens with one attached hydrogen (secondary N) is 3. The molecule has 2 amide bonds. The van der Waals surface area contributed by atoms with Crippen LogP contribution in [0.25, 0.3) is 0 Å². The van der Waals surface area contributed by atoms with Crippen LogP contribution in [0.3, 0.4) is 0 Å². The lowest BCUT2D eigenvalue weighted by molar-refractivity contribution is 0.0549. The summed E-state index contributed by atoms with van der Waals surface area (Å²) in [6.45, 7) is 4.52. The summed E-state index contributed by atoms with van der Waals surface area (Å²) in [4.78, 5) is 12.2. The van der Waals surface area contributed by atoms with Gasteiger partial charge in [0.05, 0.1) is 6.10 Å². The van der Waals surface area contributed by atoms with Crippen LogP contribution in [0.4, 0.5) is 10.5 Å². The molecule has 1 aromatic rings. The molecular formula is C19H29N3O2. The zero-order chi connectivity index (χ0) is 16.8. The Morgan fingerprint density at radius 3 is 2.83 bits per heavy atom. The smallest absolute Gasteiger partial charge is 0.315 e. The normalized spacial score (nSPS) is 25.8. The number of hydrogen-bond acceptors (Lipinski definition) is 3. The third kappa shape index (κ3) is 4.41. The molecule has 5 heteroatoms. The summed E-state index contributed by atoms with van der Waals surface area (Å²) in [5.41, 5.74) is 2.23. The van der Waals surface area contributed by atoms with Gasteiger partial charge in [0.2, 0.25) is 0 Å². The van der Waals surface area contributed by atoms with Crippen molar-refractivity contribution in [2.45, 2.75) is 57.7 Å². The lowest BCUT2D eigenvalue weighted by Crippen LogP contribution is -2.49. The zero-order valence-corrected chi connectivity index (χ0v) is 14.5. The number of urea groups is 1. The molecule has 5 nitrogen and oxygen atoms in total. The van der Waals surface area contributed by atoms with Gasteiger partial charge in [-0.25, -0.2) is 4.79 Å². The molecule has 2 aliphatic rings. The Balaban J connectivity index is 1.43. The molecule has 0 spiro atoms. The van der Waals surface area contributed by atoms with Gasteiger partial charge < -0.3 is 20.7 Å². The predicted molar refractivity (Wildman–Crippen MR) is 96.1 cm³/mol. The molecule has 0 aromatic heterocycles. The first kappa shape index (κ1) is 17.1. The fourth-order valence-electron chi connectivity index (χ4n) is 3.77. The highest BCUT2D eigenvalue weighted by Gasteiger charge is 2.38. The first-order valence-electron chi connectivity index (χ1n) is 9.25. The van der Waals surface area contributed by atoms with Gasteiger partial charge in [0.15, 0.2) is 0 Å². The molecule has 1 aliphatic carbocycles. The number of carbonyl (C=O) groups excluding carboxylic acids is 1. The minimum Gasteiger partial charge on any atom is -0.385 e. The standard InChI is InChI=1S/C19H29N3O2/c1-2-11-20-15-8-6-14(7-9-15)13-21-19(23)22-17-4-3-5-18-16(17)10-12-24-18/h6-9,16-18,20H,2-5,10-13H2,1H3,(H2,21,22,23). The highest BCUT2D eigenvalue weighted by Crippen LogP contribution is 2.34. The Bertz CT molecular complexity index is 532. The predicted octanol–water partition coefficient (Wildman–Crippen LogP) is 3.27. The summed E-state index contributed by atoms with van der Waals surface area (Å²) in [7, 11) is 0. The van der Waals surface area contributed by atoms with Crippen LogP contribution in [-0.2, 0) is 11.3 Å². The monoisotopic (exact) mass is 331 g/mol. The molecule has 3 rings (SSSR count). The van der Waals surface area contributed by atoms with Gasteiger partial charge in [0.1, 0.15) is 0 Å². The lowest BCUT2D eigenvalue weighted by Gasteiger charge is -2.33. The van der Waals surface area contributed by atoms with E-state index in [4.69, 9.17) is 4.74 Å². The zero-order valence-electron chi connectivity index (χ0n) is 14.5. The van der Waals surface area contributed by atoms with Crippen LogP contribution >= 0.6 is 0 Å². The summed E-state index contributed by atoms with van der Waals surface area (Å²) >= 11 is 0. The number of anilines is 1. The van der Waals surface area contributed by atoms with Gasteiger partial charge in [0.25, 0.3) is 0 Å². The van der Waals surface area contributed by atoms with Crippen LogP contribution in [-0.4, -0.2) is 31.3 Å². The molecule has 3 atom stereocenters. The highest BCUT2D eigenvalue weighted by molar-refractivity contribution is 5.74. The fraction of sp³-hybridized carbons (Fsp3) is 0.632. The van der Waals surface area contributed by atoms with E-state index in [1.165, 1.54) is 0 Å². The molecule has 2 fully saturated rings. The van der Waals surface area contributed by atoms with E-state index >= 15 is 0 Å². The van der Waals surface area contributed by atoms with E-state index in [2.05, 4.69) is 47.1 Å². The third-order valence-corrected chi connectivity index (χ3v) is 5.08. The Morgan fingerprint density at radius 1 is 1.21 bits per heavy atom. The maximum Gasteiger partial charge on any atom is 0.315 e. The van der Waals surface area contributed by atoms with Gasteiger partial charge in [-0.15, -0.1) is 0 Å². The molecule has 0 bridgehead atoms. The molecule has 0 radical (unpaired) electrons. The first-order valence-corrected chi connectivity index (χ1v) is 9.25. The van der Waals surface area contributed by atoms with Gasteiger partial charge in [-0.2, -0.15) is 0 Å². The number of rotatable bonds is 6. The van der Waals surface area contributed by atoms with Crippen molar-refractivity contribution < 1.29 is 9.53 Å². The molecule has 3 N–H and O–H groups in total. The number of fused-ring (bicyclic) bond motifs is 1. The summed E-state index contributed by atoms with van der Waals surface area (Å²) in [5, 5.41) is 9.49. The summed E-state index contributed by atoms with van der Waals surface area (Å²) < 4.78 is 5.76. The lowest BCUT2D eigenvalue weighted by atomic mass is 9.82. The van der Waals surface area contributed by atoms with Crippen molar-refractivity contribution in [2.24, 2.45) is 5.92 Å². The van der Waals surface area contributed by atoms with E-state index in [0.717, 1.165) is 56.5 Å². The van der Waals surface area contributed by atoms with Crippen LogP contribution in [0.15, 0.2) is 24.3 Å². The summed E-state index contributed by atoms with van der Waals surface area (Å²) in [6, 6.07) is 8.42. The Morgan fingerprint density at radius 2 is 2.04 bits per heavy atom. The average molecular weight is 331 g/mol. The van der Waals surface area contributed by atoms with Crippen molar-refractivity contribution >= 4 is 11.7 Å². The molecule has 1 aromatic carbocycles. The van der Waals surface area contributed by atoms with Crippen LogP contribution in [0.5, 0.6) is 0 Å². The van der Waals surface area contributed by atoms with Crippen LogP contribution in [0.1, 0.15) is 44.6 Å². The third-order valence-electron chi connectivity index (χ3n) is 5.08. The van der Waals surface area contributed by atoms with Crippen molar-refractivity contribution in [1.29, 1.82) is 0 Å². The van der Waals surface area contributed by atoms with E-state index in [9.17, 15) is 4.79 Å². The Labute approximate surface area is 144 Å². The van der Waals surface area contributed by atoms with Gasteiger partial charge >= 0.3 is 6.03 Å². The molecule has 3 unspecified atom stereocenters. The maximum atomic E-state index is 12.2. The highest BCUT2D eigenvalue weighted by atomic mass is 16.5. The van der Waals surface area contributed by atoms with Crippen molar-refractivity contribution in [3.05, 3.63) is 29.8 Å². The van der Waals surface area contributed by atoms with Gasteiger partial charge in [-0.1, -0.05) is 19.1 Å². The summed E-state index contributed by atoms with van der Waals surface area (Å²) in [6.07, 6.45) is 5.88. The second kappa shape index (κ2) is 8.38. The molecule has 24 heavy (non-hydrogen) atoms. The fourth-order valence-corrected chi connectivity index (χ4v) is 3.77. The number of ether oxygens (including phenoxy) is 1. The molecule has 1 saturated carbocycles. The quantitative estimate of drug-likeness (QED) is 0.750. The molecular weight excluding hydrogens is 302 g/mol. The second-order valence-corrected chi connectivity index (χ2v) is 6.85. The number of benzene rings is 1. The van der Waals surface area contributed by atoms with Gasteiger partial charge in [-0.3, -0.25) is 0 Å². The van der Waals surface area contributed by atoms with Crippen LogP contribution < -0.4 is 16.0 Å². The van der Waals surface area contributed by atoms with Gasteiger partial charge in [0, 0.05) is 37.3 Å². The molecule has 1 heterocycles. The minimum atomic E-state index is -0.0688.